The largest absolute Gasteiger partial charge is 0.378 e. The number of hydrogen-bond acceptors (Lipinski definition) is 4. The smallest absolute Gasteiger partial charge is 0.254 e. The lowest BCUT2D eigenvalue weighted by Crippen LogP contribution is -2.40. The Kier molecular flexibility index (Phi) is 5.82. The van der Waals surface area contributed by atoms with Crippen LogP contribution >= 0.6 is 0 Å². The zero-order chi connectivity index (χ0) is 16.8. The third-order valence-electron chi connectivity index (χ3n) is 4.51. The molecule has 130 valence electrons. The van der Waals surface area contributed by atoms with Gasteiger partial charge in [0.25, 0.3) is 5.91 Å². The second-order valence-corrected chi connectivity index (χ2v) is 6.37. The van der Waals surface area contributed by atoms with Gasteiger partial charge in [0.2, 0.25) is 5.91 Å². The summed E-state index contributed by atoms with van der Waals surface area (Å²) in [6.45, 7) is 4.79. The lowest BCUT2D eigenvalue weighted by Gasteiger charge is -2.27. The van der Waals surface area contributed by atoms with Gasteiger partial charge in [0.15, 0.2) is 0 Å². The van der Waals surface area contributed by atoms with Gasteiger partial charge in [-0.3, -0.25) is 14.5 Å². The number of rotatable bonds is 4. The number of benzene rings is 1. The molecule has 0 aliphatic carbocycles. The van der Waals surface area contributed by atoms with Crippen LogP contribution in [0.4, 0.5) is 5.69 Å². The van der Waals surface area contributed by atoms with Crippen molar-refractivity contribution in [2.45, 2.75) is 19.3 Å². The molecule has 2 heterocycles. The number of amides is 2. The molecule has 24 heavy (non-hydrogen) atoms. The molecule has 0 saturated carbocycles. The zero-order valence-electron chi connectivity index (χ0n) is 14.0. The third-order valence-corrected chi connectivity index (χ3v) is 4.51. The average Bonchev–Trinajstić information content (AvgIpc) is 2.63. The number of carbonyl (C=O) groups is 2. The average molecular weight is 331 g/mol. The maximum absolute atomic E-state index is 12.5. The first-order valence-corrected chi connectivity index (χ1v) is 8.72. The number of carbonyl (C=O) groups excluding carboxylic acids is 2. The van der Waals surface area contributed by atoms with Gasteiger partial charge in [-0.1, -0.05) is 12.5 Å². The van der Waals surface area contributed by atoms with Crippen LogP contribution in [-0.2, 0) is 9.53 Å². The quantitative estimate of drug-likeness (QED) is 0.910. The summed E-state index contributed by atoms with van der Waals surface area (Å²) in [7, 11) is 0. The zero-order valence-corrected chi connectivity index (χ0v) is 14.0. The second-order valence-electron chi connectivity index (χ2n) is 6.37. The summed E-state index contributed by atoms with van der Waals surface area (Å²) in [6, 6.07) is 7.18. The fraction of sp³-hybridized carbons (Fsp3) is 0.556. The molecule has 0 bridgehead atoms. The highest BCUT2D eigenvalue weighted by Crippen LogP contribution is 2.14. The molecule has 0 radical (unpaired) electrons. The van der Waals surface area contributed by atoms with E-state index >= 15 is 0 Å². The fourth-order valence-corrected chi connectivity index (χ4v) is 3.20. The van der Waals surface area contributed by atoms with Crippen LogP contribution in [-0.4, -0.2) is 67.6 Å². The number of morpholine rings is 1. The van der Waals surface area contributed by atoms with E-state index in [0.717, 1.165) is 25.9 Å². The van der Waals surface area contributed by atoms with Crippen LogP contribution in [0.5, 0.6) is 0 Å². The number of likely N-dealkylation sites (tertiary alicyclic amines) is 1. The molecular weight excluding hydrogens is 306 g/mol. The Hall–Kier alpha value is -1.92. The van der Waals surface area contributed by atoms with Crippen molar-refractivity contribution in [1.82, 2.24) is 9.80 Å². The molecule has 2 aliphatic heterocycles. The van der Waals surface area contributed by atoms with Crippen LogP contribution in [0.2, 0.25) is 0 Å². The van der Waals surface area contributed by atoms with Gasteiger partial charge in [0.05, 0.1) is 19.8 Å². The van der Waals surface area contributed by atoms with Crippen LogP contribution in [0.1, 0.15) is 29.6 Å². The topological polar surface area (TPSA) is 61.9 Å². The first-order valence-electron chi connectivity index (χ1n) is 8.72. The van der Waals surface area contributed by atoms with Gasteiger partial charge in [-0.05, 0) is 44.1 Å². The summed E-state index contributed by atoms with van der Waals surface area (Å²) in [4.78, 5) is 28.7. The minimum Gasteiger partial charge on any atom is -0.378 e. The standard InChI is InChI=1S/C18H25N3O3/c22-17(14-20-7-2-1-3-8-20)19-16-6-4-5-15(13-16)18(23)21-9-11-24-12-10-21/h4-6,13H,1-3,7-12,14H2,(H,19,22). The highest BCUT2D eigenvalue weighted by molar-refractivity contribution is 5.97. The van der Waals surface area contributed by atoms with Crippen LogP contribution in [0.15, 0.2) is 24.3 Å². The molecule has 3 rings (SSSR count). The highest BCUT2D eigenvalue weighted by Gasteiger charge is 2.19. The van der Waals surface area contributed by atoms with Gasteiger partial charge in [-0.15, -0.1) is 0 Å². The van der Waals surface area contributed by atoms with Gasteiger partial charge >= 0.3 is 0 Å². The summed E-state index contributed by atoms with van der Waals surface area (Å²) < 4.78 is 5.28. The molecule has 1 N–H and O–H groups in total. The van der Waals surface area contributed by atoms with Crippen molar-refractivity contribution in [1.29, 1.82) is 0 Å². The fourth-order valence-electron chi connectivity index (χ4n) is 3.20. The van der Waals surface area contributed by atoms with Gasteiger partial charge in [-0.25, -0.2) is 0 Å². The Labute approximate surface area is 142 Å². The van der Waals surface area contributed by atoms with E-state index in [1.54, 1.807) is 17.0 Å². The van der Waals surface area contributed by atoms with Crippen molar-refractivity contribution < 1.29 is 14.3 Å². The molecule has 6 heteroatoms. The maximum Gasteiger partial charge on any atom is 0.254 e. The molecule has 2 fully saturated rings. The van der Waals surface area contributed by atoms with E-state index in [-0.39, 0.29) is 11.8 Å². The summed E-state index contributed by atoms with van der Waals surface area (Å²) >= 11 is 0. The molecule has 6 nitrogen and oxygen atoms in total. The predicted molar refractivity (Wildman–Crippen MR) is 92.1 cm³/mol. The van der Waals surface area contributed by atoms with Crippen LogP contribution in [0, 0.1) is 0 Å². The van der Waals surface area contributed by atoms with Crippen molar-refractivity contribution in [3.8, 4) is 0 Å². The Morgan fingerprint density at radius 3 is 2.54 bits per heavy atom. The molecule has 0 atom stereocenters. The van der Waals surface area contributed by atoms with Crippen molar-refractivity contribution in [2.24, 2.45) is 0 Å². The Balaban J connectivity index is 1.57. The van der Waals surface area contributed by atoms with Crippen molar-refractivity contribution in [3.63, 3.8) is 0 Å². The van der Waals surface area contributed by atoms with Crippen molar-refractivity contribution in [3.05, 3.63) is 29.8 Å². The van der Waals surface area contributed by atoms with E-state index in [9.17, 15) is 9.59 Å². The molecule has 0 spiro atoms. The van der Waals surface area contributed by atoms with Crippen molar-refractivity contribution in [2.75, 3.05) is 51.3 Å². The van der Waals surface area contributed by atoms with Crippen LogP contribution < -0.4 is 5.32 Å². The normalized spacial score (nSPS) is 19.1. The number of anilines is 1. The monoisotopic (exact) mass is 331 g/mol. The summed E-state index contributed by atoms with van der Waals surface area (Å²) in [5.74, 6) is -0.0294. The molecule has 1 aromatic rings. The molecule has 2 aliphatic rings. The summed E-state index contributed by atoms with van der Waals surface area (Å²) in [5.41, 5.74) is 1.28. The van der Waals surface area contributed by atoms with Crippen LogP contribution in [0.3, 0.4) is 0 Å². The Morgan fingerprint density at radius 2 is 1.79 bits per heavy atom. The summed E-state index contributed by atoms with van der Waals surface area (Å²) in [5, 5.41) is 2.91. The first-order chi connectivity index (χ1) is 11.7. The number of piperidine rings is 1. The third kappa shape index (κ3) is 4.55. The van der Waals surface area contributed by atoms with E-state index in [4.69, 9.17) is 4.74 Å². The molecule has 2 saturated heterocycles. The Bertz CT molecular complexity index is 579. The van der Waals surface area contributed by atoms with Crippen molar-refractivity contribution >= 4 is 17.5 Å². The molecule has 1 aromatic carbocycles. The van der Waals surface area contributed by atoms with E-state index < -0.39 is 0 Å². The molecule has 2 amide bonds. The highest BCUT2D eigenvalue weighted by atomic mass is 16.5. The molecular formula is C18H25N3O3. The van der Waals surface area contributed by atoms with Gasteiger partial charge in [0, 0.05) is 24.3 Å². The first kappa shape index (κ1) is 16.9. The number of hydrogen-bond donors (Lipinski definition) is 1. The van der Waals surface area contributed by atoms with E-state index in [1.165, 1.54) is 6.42 Å². The number of nitrogens with zero attached hydrogens (tertiary/aromatic N) is 2. The van der Waals surface area contributed by atoms with Crippen LogP contribution in [0.25, 0.3) is 0 Å². The summed E-state index contributed by atoms with van der Waals surface area (Å²) in [6.07, 6.45) is 3.58. The van der Waals surface area contributed by atoms with E-state index in [1.807, 2.05) is 12.1 Å². The van der Waals surface area contributed by atoms with E-state index in [0.29, 0.717) is 44.1 Å². The molecule has 0 unspecified atom stereocenters. The second kappa shape index (κ2) is 8.26. The van der Waals surface area contributed by atoms with Gasteiger partial charge in [-0.2, -0.15) is 0 Å². The SMILES string of the molecule is O=C(CN1CCCCC1)Nc1cccc(C(=O)N2CCOCC2)c1. The van der Waals surface area contributed by atoms with Gasteiger partial charge in [0.1, 0.15) is 0 Å². The lowest BCUT2D eigenvalue weighted by molar-refractivity contribution is -0.117. The van der Waals surface area contributed by atoms with E-state index in [2.05, 4.69) is 10.2 Å². The number of nitrogens with one attached hydrogen (secondary N) is 1. The minimum absolute atomic E-state index is 0.00886. The van der Waals surface area contributed by atoms with Gasteiger partial charge < -0.3 is 15.0 Å². The molecule has 0 aromatic heterocycles. The maximum atomic E-state index is 12.5. The Morgan fingerprint density at radius 1 is 1.04 bits per heavy atom. The predicted octanol–water partition coefficient (Wildman–Crippen LogP) is 1.58. The minimum atomic E-state index is -0.0205. The lowest BCUT2D eigenvalue weighted by atomic mass is 10.1. The number of ether oxygens (including phenoxy) is 1.